The minimum Gasteiger partial charge on any atom is -0.377 e. The number of carbonyl (C=O) groups excluding carboxylic acids is 1. The second-order valence-electron chi connectivity index (χ2n) is 3.89. The summed E-state index contributed by atoms with van der Waals surface area (Å²) in [4.78, 5) is 11.1. The molecule has 0 saturated heterocycles. The fraction of sp³-hybridized carbons (Fsp3) is 0.818. The number of amides is 1. The van der Waals surface area contributed by atoms with Crippen LogP contribution in [0.25, 0.3) is 0 Å². The van der Waals surface area contributed by atoms with Gasteiger partial charge in [0.05, 0.1) is 25.3 Å². The Hall–Kier alpha value is -1.12. The predicted octanol–water partition coefficient (Wildman–Crippen LogP) is 0.175. The zero-order valence-corrected chi connectivity index (χ0v) is 9.50. The van der Waals surface area contributed by atoms with E-state index in [0.29, 0.717) is 19.3 Å². The van der Waals surface area contributed by atoms with Gasteiger partial charge in [0, 0.05) is 6.54 Å². The van der Waals surface area contributed by atoms with Gasteiger partial charge in [0.1, 0.15) is 6.54 Å². The van der Waals surface area contributed by atoms with Crippen LogP contribution < -0.4 is 10.6 Å². The minimum atomic E-state index is -0.151. The van der Waals surface area contributed by atoms with E-state index in [2.05, 4.69) is 10.6 Å². The van der Waals surface area contributed by atoms with Crippen molar-refractivity contribution in [2.75, 3.05) is 26.2 Å². The van der Waals surface area contributed by atoms with Gasteiger partial charge >= 0.3 is 0 Å². The van der Waals surface area contributed by atoms with Crippen molar-refractivity contribution in [3.8, 4) is 6.07 Å². The van der Waals surface area contributed by atoms with Gasteiger partial charge < -0.3 is 15.4 Å². The molecule has 0 aromatic rings. The molecule has 2 N–H and O–H groups in total. The Morgan fingerprint density at radius 1 is 1.44 bits per heavy atom. The molecule has 1 aliphatic carbocycles. The van der Waals surface area contributed by atoms with Gasteiger partial charge in [-0.15, -0.1) is 0 Å². The van der Waals surface area contributed by atoms with Crippen molar-refractivity contribution in [3.63, 3.8) is 0 Å². The molecule has 0 spiro atoms. The highest BCUT2D eigenvalue weighted by molar-refractivity contribution is 5.78. The highest BCUT2D eigenvalue weighted by atomic mass is 16.5. The second kappa shape index (κ2) is 8.08. The first-order chi connectivity index (χ1) is 7.83. The Morgan fingerprint density at radius 2 is 2.19 bits per heavy atom. The molecule has 5 heteroatoms. The third-order valence-corrected chi connectivity index (χ3v) is 2.58. The monoisotopic (exact) mass is 225 g/mol. The summed E-state index contributed by atoms with van der Waals surface area (Å²) in [6, 6.07) is 1.85. The summed E-state index contributed by atoms with van der Waals surface area (Å²) in [5.41, 5.74) is 0. The molecule has 0 aromatic carbocycles. The molecule has 0 atom stereocenters. The molecule has 1 saturated carbocycles. The molecule has 0 unspecified atom stereocenters. The highest BCUT2D eigenvalue weighted by Gasteiger charge is 2.14. The summed E-state index contributed by atoms with van der Waals surface area (Å²) in [5.74, 6) is -0.151. The first kappa shape index (κ1) is 12.9. The van der Waals surface area contributed by atoms with Gasteiger partial charge in [0.15, 0.2) is 0 Å². The quantitative estimate of drug-likeness (QED) is 0.478. The molecule has 0 bridgehead atoms. The third-order valence-electron chi connectivity index (χ3n) is 2.58. The van der Waals surface area contributed by atoms with E-state index in [0.717, 1.165) is 0 Å². The maximum absolute atomic E-state index is 11.1. The van der Waals surface area contributed by atoms with Crippen molar-refractivity contribution in [2.24, 2.45) is 0 Å². The summed E-state index contributed by atoms with van der Waals surface area (Å²) in [7, 11) is 0. The average Bonchev–Trinajstić information content (AvgIpc) is 2.79. The smallest absolute Gasteiger partial charge is 0.234 e. The minimum absolute atomic E-state index is 0.0685. The van der Waals surface area contributed by atoms with Crippen LogP contribution in [0.4, 0.5) is 0 Å². The zero-order valence-electron chi connectivity index (χ0n) is 9.50. The topological polar surface area (TPSA) is 74.2 Å². The number of hydrogen-bond acceptors (Lipinski definition) is 4. The van der Waals surface area contributed by atoms with Crippen LogP contribution in [0.5, 0.6) is 0 Å². The van der Waals surface area contributed by atoms with Crippen LogP contribution in [0.1, 0.15) is 25.7 Å². The van der Waals surface area contributed by atoms with Gasteiger partial charge in [-0.25, -0.2) is 0 Å². The largest absolute Gasteiger partial charge is 0.377 e. The lowest BCUT2D eigenvalue weighted by atomic mass is 10.3. The Bertz CT molecular complexity index is 244. The van der Waals surface area contributed by atoms with Gasteiger partial charge in [-0.3, -0.25) is 4.79 Å². The van der Waals surface area contributed by atoms with Crippen molar-refractivity contribution in [2.45, 2.75) is 31.8 Å². The lowest BCUT2D eigenvalue weighted by Gasteiger charge is -2.11. The normalized spacial score (nSPS) is 15.9. The first-order valence-corrected chi connectivity index (χ1v) is 5.79. The maximum Gasteiger partial charge on any atom is 0.234 e. The Labute approximate surface area is 96.2 Å². The Kier molecular flexibility index (Phi) is 6.54. The van der Waals surface area contributed by atoms with Crippen LogP contribution in [0.3, 0.4) is 0 Å². The van der Waals surface area contributed by atoms with E-state index in [1.807, 2.05) is 6.07 Å². The van der Waals surface area contributed by atoms with Gasteiger partial charge in [0.25, 0.3) is 0 Å². The fourth-order valence-electron chi connectivity index (χ4n) is 1.76. The molecule has 1 rings (SSSR count). The van der Waals surface area contributed by atoms with E-state index in [4.69, 9.17) is 10.00 Å². The Balaban J connectivity index is 1.87. The van der Waals surface area contributed by atoms with Crippen LogP contribution in [0, 0.1) is 11.3 Å². The molecule has 1 amide bonds. The summed E-state index contributed by atoms with van der Waals surface area (Å²) >= 11 is 0. The second-order valence-corrected chi connectivity index (χ2v) is 3.89. The van der Waals surface area contributed by atoms with Crippen LogP contribution in [-0.4, -0.2) is 38.3 Å². The number of hydrogen-bond donors (Lipinski definition) is 2. The molecule has 0 heterocycles. The summed E-state index contributed by atoms with van der Waals surface area (Å²) < 4.78 is 5.62. The molecular weight excluding hydrogens is 206 g/mol. The fourth-order valence-corrected chi connectivity index (χ4v) is 1.76. The molecule has 90 valence electrons. The molecule has 1 fully saturated rings. The first-order valence-electron chi connectivity index (χ1n) is 5.79. The number of nitriles is 1. The van der Waals surface area contributed by atoms with Crippen molar-refractivity contribution in [1.29, 1.82) is 5.26 Å². The standard InChI is InChI=1S/C11H19N3O2/c12-5-6-14-11(15)9-13-7-8-16-10-3-1-2-4-10/h10,13H,1-4,6-9H2,(H,14,15). The summed E-state index contributed by atoms with van der Waals surface area (Å²) in [6.45, 7) is 1.64. The zero-order chi connectivity index (χ0) is 11.6. The molecule has 0 radical (unpaired) electrons. The van der Waals surface area contributed by atoms with Crippen LogP contribution >= 0.6 is 0 Å². The number of carbonyl (C=O) groups is 1. The third kappa shape index (κ3) is 5.69. The number of nitrogens with zero attached hydrogens (tertiary/aromatic N) is 1. The van der Waals surface area contributed by atoms with E-state index >= 15 is 0 Å². The van der Waals surface area contributed by atoms with E-state index in [-0.39, 0.29) is 19.0 Å². The van der Waals surface area contributed by atoms with Gasteiger partial charge in [-0.1, -0.05) is 12.8 Å². The van der Waals surface area contributed by atoms with E-state index in [1.165, 1.54) is 25.7 Å². The van der Waals surface area contributed by atoms with E-state index in [1.54, 1.807) is 0 Å². The number of nitrogens with one attached hydrogen (secondary N) is 2. The van der Waals surface area contributed by atoms with Crippen molar-refractivity contribution in [3.05, 3.63) is 0 Å². The lowest BCUT2D eigenvalue weighted by Crippen LogP contribution is -2.35. The Morgan fingerprint density at radius 3 is 2.88 bits per heavy atom. The van der Waals surface area contributed by atoms with Crippen molar-refractivity contribution < 1.29 is 9.53 Å². The van der Waals surface area contributed by atoms with Gasteiger partial charge in [-0.05, 0) is 12.8 Å². The molecule has 16 heavy (non-hydrogen) atoms. The summed E-state index contributed by atoms with van der Waals surface area (Å²) in [6.07, 6.45) is 5.31. The van der Waals surface area contributed by atoms with Crippen LogP contribution in [0.2, 0.25) is 0 Å². The van der Waals surface area contributed by atoms with Gasteiger partial charge in [0.2, 0.25) is 5.91 Å². The molecule has 0 aromatic heterocycles. The number of ether oxygens (including phenoxy) is 1. The van der Waals surface area contributed by atoms with Crippen LogP contribution in [0.15, 0.2) is 0 Å². The molecule has 1 aliphatic rings. The van der Waals surface area contributed by atoms with Crippen LogP contribution in [-0.2, 0) is 9.53 Å². The highest BCUT2D eigenvalue weighted by Crippen LogP contribution is 2.20. The average molecular weight is 225 g/mol. The molecule has 0 aliphatic heterocycles. The predicted molar refractivity (Wildman–Crippen MR) is 59.7 cm³/mol. The SMILES string of the molecule is N#CCNC(=O)CNCCOC1CCCC1. The van der Waals surface area contributed by atoms with Crippen molar-refractivity contribution >= 4 is 5.91 Å². The van der Waals surface area contributed by atoms with Crippen molar-refractivity contribution in [1.82, 2.24) is 10.6 Å². The number of rotatable bonds is 7. The summed E-state index contributed by atoms with van der Waals surface area (Å²) in [5, 5.41) is 13.7. The van der Waals surface area contributed by atoms with E-state index in [9.17, 15) is 4.79 Å². The maximum atomic E-state index is 11.1. The lowest BCUT2D eigenvalue weighted by molar-refractivity contribution is -0.120. The van der Waals surface area contributed by atoms with Gasteiger partial charge in [-0.2, -0.15) is 5.26 Å². The molecule has 5 nitrogen and oxygen atoms in total. The van der Waals surface area contributed by atoms with E-state index < -0.39 is 0 Å². The molecular formula is C11H19N3O2.